The maximum Gasteiger partial charge on any atom is 0.410 e. The summed E-state index contributed by atoms with van der Waals surface area (Å²) in [5.41, 5.74) is 2.04. The van der Waals surface area contributed by atoms with Crippen LogP contribution in [0.15, 0.2) is 54.6 Å². The number of carbonyl (C=O) groups excluding carboxylic acids is 2. The third-order valence-corrected chi connectivity index (χ3v) is 5.25. The molecule has 6 nitrogen and oxygen atoms in total. The number of amides is 2. The minimum absolute atomic E-state index is 0.0640. The Kier molecular flexibility index (Phi) is 7.33. The molecule has 0 aromatic heterocycles. The third kappa shape index (κ3) is 5.53. The van der Waals surface area contributed by atoms with Gasteiger partial charge in [0.1, 0.15) is 12.4 Å². The number of nitrogens with zero attached hydrogens (tertiary/aromatic N) is 2. The average molecular weight is 411 g/mol. The van der Waals surface area contributed by atoms with Gasteiger partial charge in [-0.1, -0.05) is 62.4 Å². The second-order valence-electron chi connectivity index (χ2n) is 7.81. The van der Waals surface area contributed by atoms with Crippen molar-refractivity contribution in [2.75, 3.05) is 26.2 Å². The maximum atomic E-state index is 12.8. The van der Waals surface area contributed by atoms with Gasteiger partial charge < -0.3 is 19.3 Å². The van der Waals surface area contributed by atoms with Crippen LogP contribution >= 0.6 is 0 Å². The second-order valence-corrected chi connectivity index (χ2v) is 7.81. The predicted molar refractivity (Wildman–Crippen MR) is 115 cm³/mol. The first kappa shape index (κ1) is 21.7. The predicted octanol–water partition coefficient (Wildman–Crippen LogP) is 4.06. The van der Waals surface area contributed by atoms with E-state index in [1.807, 2.05) is 54.6 Å². The third-order valence-electron chi connectivity index (χ3n) is 5.25. The first-order valence-electron chi connectivity index (χ1n) is 10.5. The minimum Gasteiger partial charge on any atom is -0.481 e. The summed E-state index contributed by atoms with van der Waals surface area (Å²) < 4.78 is 11.4. The van der Waals surface area contributed by atoms with Gasteiger partial charge in [0.15, 0.2) is 6.10 Å². The van der Waals surface area contributed by atoms with Gasteiger partial charge in [-0.15, -0.1) is 0 Å². The molecule has 1 fully saturated rings. The van der Waals surface area contributed by atoms with E-state index in [9.17, 15) is 9.59 Å². The van der Waals surface area contributed by atoms with Gasteiger partial charge in [0, 0.05) is 26.2 Å². The lowest BCUT2D eigenvalue weighted by Crippen LogP contribution is -2.53. The highest BCUT2D eigenvalue weighted by molar-refractivity contribution is 5.81. The van der Waals surface area contributed by atoms with Crippen molar-refractivity contribution >= 4 is 12.0 Å². The SMILES string of the molecule is CC(Oc1ccccc1C(C)C)C(=O)N1CCN(C(=O)OCc2ccccc2)CC1. The van der Waals surface area contributed by atoms with Gasteiger partial charge in [0.25, 0.3) is 5.91 Å². The van der Waals surface area contributed by atoms with Crippen LogP contribution in [0.3, 0.4) is 0 Å². The molecule has 0 aliphatic carbocycles. The minimum atomic E-state index is -0.582. The van der Waals surface area contributed by atoms with E-state index in [0.29, 0.717) is 32.1 Å². The largest absolute Gasteiger partial charge is 0.481 e. The molecule has 1 unspecified atom stereocenters. The highest BCUT2D eigenvalue weighted by Gasteiger charge is 2.28. The van der Waals surface area contributed by atoms with Crippen LogP contribution in [0.5, 0.6) is 5.75 Å². The maximum absolute atomic E-state index is 12.8. The Bertz CT molecular complexity index is 845. The van der Waals surface area contributed by atoms with Crippen LogP contribution < -0.4 is 4.74 Å². The zero-order valence-corrected chi connectivity index (χ0v) is 17.9. The van der Waals surface area contributed by atoms with E-state index >= 15 is 0 Å². The number of piperazine rings is 1. The lowest BCUT2D eigenvalue weighted by molar-refractivity contribution is -0.139. The van der Waals surface area contributed by atoms with Crippen LogP contribution in [-0.4, -0.2) is 54.1 Å². The van der Waals surface area contributed by atoms with Gasteiger partial charge in [0.2, 0.25) is 0 Å². The average Bonchev–Trinajstić information content (AvgIpc) is 2.78. The van der Waals surface area contributed by atoms with Crippen molar-refractivity contribution in [1.82, 2.24) is 9.80 Å². The van der Waals surface area contributed by atoms with E-state index in [1.165, 1.54) is 0 Å². The summed E-state index contributed by atoms with van der Waals surface area (Å²) in [5, 5.41) is 0. The molecule has 2 amide bonds. The topological polar surface area (TPSA) is 59.1 Å². The molecule has 3 rings (SSSR count). The number of para-hydroxylation sites is 1. The van der Waals surface area contributed by atoms with Crippen LogP contribution in [0, 0.1) is 0 Å². The lowest BCUT2D eigenvalue weighted by atomic mass is 10.0. The Labute approximate surface area is 178 Å². The van der Waals surface area contributed by atoms with Crippen molar-refractivity contribution in [3.8, 4) is 5.75 Å². The van der Waals surface area contributed by atoms with Crippen molar-refractivity contribution in [2.45, 2.75) is 39.4 Å². The Morgan fingerprint density at radius 3 is 2.13 bits per heavy atom. The van der Waals surface area contributed by atoms with Crippen LogP contribution in [0.2, 0.25) is 0 Å². The highest BCUT2D eigenvalue weighted by atomic mass is 16.6. The fourth-order valence-electron chi connectivity index (χ4n) is 3.48. The van der Waals surface area contributed by atoms with Crippen LogP contribution in [-0.2, 0) is 16.1 Å². The van der Waals surface area contributed by atoms with Gasteiger partial charge in [-0.25, -0.2) is 4.79 Å². The highest BCUT2D eigenvalue weighted by Crippen LogP contribution is 2.27. The number of benzene rings is 2. The van der Waals surface area contributed by atoms with Gasteiger partial charge in [-0.3, -0.25) is 4.79 Å². The number of rotatable bonds is 6. The molecule has 1 atom stereocenters. The van der Waals surface area contributed by atoms with Crippen molar-refractivity contribution in [3.63, 3.8) is 0 Å². The summed E-state index contributed by atoms with van der Waals surface area (Å²) in [7, 11) is 0. The molecule has 0 N–H and O–H groups in total. The van der Waals surface area contributed by atoms with Crippen LogP contribution in [0.25, 0.3) is 0 Å². The summed E-state index contributed by atoms with van der Waals surface area (Å²) in [6.45, 7) is 8.08. The number of hydrogen-bond acceptors (Lipinski definition) is 4. The van der Waals surface area contributed by atoms with Gasteiger partial charge >= 0.3 is 6.09 Å². The Morgan fingerprint density at radius 1 is 0.867 bits per heavy atom. The first-order valence-corrected chi connectivity index (χ1v) is 10.5. The first-order chi connectivity index (χ1) is 14.5. The fraction of sp³-hybridized carbons (Fsp3) is 0.417. The van der Waals surface area contributed by atoms with E-state index in [4.69, 9.17) is 9.47 Å². The molecule has 1 heterocycles. The van der Waals surface area contributed by atoms with Crippen molar-refractivity contribution in [2.24, 2.45) is 0 Å². The lowest BCUT2D eigenvalue weighted by Gasteiger charge is -2.35. The molecule has 2 aromatic rings. The van der Waals surface area contributed by atoms with Gasteiger partial charge in [-0.2, -0.15) is 0 Å². The molecule has 2 aromatic carbocycles. The van der Waals surface area contributed by atoms with E-state index in [2.05, 4.69) is 13.8 Å². The standard InChI is InChI=1S/C24H30N2O4/c1-18(2)21-11-7-8-12-22(21)30-19(3)23(27)25-13-15-26(16-14-25)24(28)29-17-20-9-5-4-6-10-20/h4-12,18-19H,13-17H2,1-3H3. The molecule has 0 spiro atoms. The van der Waals surface area contributed by atoms with Crippen LogP contribution in [0.4, 0.5) is 4.79 Å². The monoisotopic (exact) mass is 410 g/mol. The molecule has 1 aliphatic heterocycles. The van der Waals surface area contributed by atoms with E-state index in [1.54, 1.807) is 16.7 Å². The number of hydrogen-bond donors (Lipinski definition) is 0. The molecule has 0 bridgehead atoms. The summed E-state index contributed by atoms with van der Waals surface area (Å²) in [6, 6.07) is 17.4. The van der Waals surface area contributed by atoms with Gasteiger partial charge in [0.05, 0.1) is 0 Å². The van der Waals surface area contributed by atoms with E-state index < -0.39 is 6.10 Å². The number of ether oxygens (including phenoxy) is 2. The fourth-order valence-corrected chi connectivity index (χ4v) is 3.48. The second kappa shape index (κ2) is 10.1. The molecule has 0 radical (unpaired) electrons. The summed E-state index contributed by atoms with van der Waals surface area (Å²) in [4.78, 5) is 28.5. The number of carbonyl (C=O) groups is 2. The van der Waals surface area contributed by atoms with Crippen molar-refractivity contribution < 1.29 is 19.1 Å². The zero-order chi connectivity index (χ0) is 21.5. The van der Waals surface area contributed by atoms with Crippen molar-refractivity contribution in [3.05, 3.63) is 65.7 Å². The molecule has 0 saturated carbocycles. The quantitative estimate of drug-likeness (QED) is 0.721. The normalized spacial score (nSPS) is 15.1. The Morgan fingerprint density at radius 2 is 1.47 bits per heavy atom. The smallest absolute Gasteiger partial charge is 0.410 e. The Hall–Kier alpha value is -3.02. The van der Waals surface area contributed by atoms with E-state index in [-0.39, 0.29) is 18.6 Å². The summed E-state index contributed by atoms with van der Waals surface area (Å²) >= 11 is 0. The van der Waals surface area contributed by atoms with E-state index in [0.717, 1.165) is 16.9 Å². The molecular weight excluding hydrogens is 380 g/mol. The Balaban J connectivity index is 1.48. The zero-order valence-electron chi connectivity index (χ0n) is 17.9. The molecular formula is C24H30N2O4. The molecule has 30 heavy (non-hydrogen) atoms. The molecule has 1 aliphatic rings. The molecule has 1 saturated heterocycles. The van der Waals surface area contributed by atoms with Gasteiger partial charge in [-0.05, 0) is 30.0 Å². The molecule has 6 heteroatoms. The molecule has 160 valence electrons. The summed E-state index contributed by atoms with van der Waals surface area (Å²) in [5.74, 6) is 0.997. The van der Waals surface area contributed by atoms with Crippen LogP contribution in [0.1, 0.15) is 37.8 Å². The summed E-state index contributed by atoms with van der Waals surface area (Å²) in [6.07, 6.45) is -0.928. The van der Waals surface area contributed by atoms with Crippen molar-refractivity contribution in [1.29, 1.82) is 0 Å².